The van der Waals surface area contributed by atoms with Gasteiger partial charge in [-0.2, -0.15) is 0 Å². The number of para-hydroxylation sites is 2. The Labute approximate surface area is 181 Å². The van der Waals surface area contributed by atoms with Gasteiger partial charge in [-0.25, -0.2) is 0 Å². The molecule has 1 amide bonds. The Morgan fingerprint density at radius 2 is 1.74 bits per heavy atom. The average molecular weight is 412 g/mol. The third-order valence-electron chi connectivity index (χ3n) is 5.95. The third kappa shape index (κ3) is 3.36. The van der Waals surface area contributed by atoms with Gasteiger partial charge in [-0.05, 0) is 48.2 Å². The van der Waals surface area contributed by atoms with Crippen molar-refractivity contribution in [3.05, 3.63) is 95.6 Å². The Kier molecular flexibility index (Phi) is 4.54. The van der Waals surface area contributed by atoms with Crippen LogP contribution < -0.4 is 10.2 Å². The topological polar surface area (TPSA) is 62.6 Å². The van der Waals surface area contributed by atoms with Crippen molar-refractivity contribution in [1.82, 2.24) is 0 Å². The number of hydrogen-bond donors (Lipinski definition) is 1. The average Bonchev–Trinajstić information content (AvgIpc) is 3.23. The minimum absolute atomic E-state index is 0.0406. The predicted molar refractivity (Wildman–Crippen MR) is 120 cm³/mol. The number of benzene rings is 2. The Morgan fingerprint density at radius 3 is 2.48 bits per heavy atom. The number of rotatable bonds is 2. The smallest absolute Gasteiger partial charge is 0.259 e. The van der Waals surface area contributed by atoms with Gasteiger partial charge in [0.25, 0.3) is 5.91 Å². The van der Waals surface area contributed by atoms with Crippen molar-refractivity contribution in [1.29, 1.82) is 0 Å². The van der Waals surface area contributed by atoms with E-state index in [1.54, 1.807) is 29.4 Å². The molecule has 3 aromatic rings. The maximum atomic E-state index is 13.9. The molecule has 1 unspecified atom stereocenters. The van der Waals surface area contributed by atoms with E-state index in [0.717, 1.165) is 17.1 Å². The van der Waals surface area contributed by atoms with Gasteiger partial charge in [0.05, 0.1) is 17.6 Å². The summed E-state index contributed by atoms with van der Waals surface area (Å²) < 4.78 is 5.80. The number of carbonyl (C=O) groups excluding carboxylic acids is 2. The van der Waals surface area contributed by atoms with Gasteiger partial charge in [-0.15, -0.1) is 0 Å². The van der Waals surface area contributed by atoms with Crippen LogP contribution in [0, 0.1) is 5.41 Å². The van der Waals surface area contributed by atoms with Crippen molar-refractivity contribution < 1.29 is 14.0 Å². The number of Topliss-reactive ketones (excluding diaryl/α,β-unsaturated/α-hetero) is 1. The van der Waals surface area contributed by atoms with E-state index in [2.05, 4.69) is 19.2 Å². The molecule has 0 radical (unpaired) electrons. The van der Waals surface area contributed by atoms with Gasteiger partial charge in [0.2, 0.25) is 0 Å². The third-order valence-corrected chi connectivity index (χ3v) is 5.95. The van der Waals surface area contributed by atoms with Crippen molar-refractivity contribution in [3.8, 4) is 0 Å². The van der Waals surface area contributed by atoms with Crippen molar-refractivity contribution in [2.24, 2.45) is 5.41 Å². The molecule has 2 aromatic carbocycles. The van der Waals surface area contributed by atoms with Crippen LogP contribution in [0.1, 0.15) is 48.8 Å². The molecule has 5 nitrogen and oxygen atoms in total. The summed E-state index contributed by atoms with van der Waals surface area (Å²) in [6.45, 7) is 4.20. The zero-order chi connectivity index (χ0) is 21.6. The number of hydrogen-bond acceptors (Lipinski definition) is 4. The molecule has 2 aliphatic rings. The summed E-state index contributed by atoms with van der Waals surface area (Å²) in [6, 6.07) is 19.8. The molecule has 0 bridgehead atoms. The second kappa shape index (κ2) is 7.27. The first-order valence-corrected chi connectivity index (χ1v) is 10.5. The van der Waals surface area contributed by atoms with Crippen LogP contribution in [0.15, 0.2) is 88.7 Å². The van der Waals surface area contributed by atoms with Crippen molar-refractivity contribution in [2.45, 2.75) is 32.7 Å². The maximum absolute atomic E-state index is 13.9. The SMILES string of the molecule is CC1(C)CC(=O)C2=C(C1)Nc1ccccc1N(C(=O)c1ccccc1)C2c1ccco1. The lowest BCUT2D eigenvalue weighted by molar-refractivity contribution is -0.118. The zero-order valence-corrected chi connectivity index (χ0v) is 17.6. The van der Waals surface area contributed by atoms with Crippen LogP contribution in [-0.2, 0) is 4.79 Å². The van der Waals surface area contributed by atoms with E-state index in [0.29, 0.717) is 29.7 Å². The first-order valence-electron chi connectivity index (χ1n) is 10.5. The molecule has 1 aromatic heterocycles. The Hall–Kier alpha value is -3.60. The summed E-state index contributed by atoms with van der Waals surface area (Å²) in [4.78, 5) is 29.0. The summed E-state index contributed by atoms with van der Waals surface area (Å²) in [7, 11) is 0. The first-order chi connectivity index (χ1) is 14.9. The minimum Gasteiger partial charge on any atom is -0.467 e. The Balaban J connectivity index is 1.78. The highest BCUT2D eigenvalue weighted by molar-refractivity contribution is 6.11. The largest absolute Gasteiger partial charge is 0.467 e. The van der Waals surface area contributed by atoms with Crippen LogP contribution in [0.25, 0.3) is 0 Å². The monoisotopic (exact) mass is 412 g/mol. The highest BCUT2D eigenvalue weighted by atomic mass is 16.3. The van der Waals surface area contributed by atoms with Gasteiger partial charge in [0.1, 0.15) is 11.8 Å². The number of amides is 1. The lowest BCUT2D eigenvalue weighted by Crippen LogP contribution is -2.39. The molecule has 1 atom stereocenters. The Morgan fingerprint density at radius 1 is 1.00 bits per heavy atom. The molecule has 5 heteroatoms. The molecular weight excluding hydrogens is 388 g/mol. The predicted octanol–water partition coefficient (Wildman–Crippen LogP) is 5.74. The molecule has 2 heterocycles. The van der Waals surface area contributed by atoms with Crippen LogP contribution in [0.2, 0.25) is 0 Å². The van der Waals surface area contributed by atoms with Gasteiger partial charge in [-0.3, -0.25) is 14.5 Å². The molecule has 0 spiro atoms. The first kappa shape index (κ1) is 19.4. The molecule has 0 saturated heterocycles. The molecule has 1 aliphatic heterocycles. The number of furan rings is 1. The Bertz CT molecular complexity index is 1180. The second-order valence-corrected chi connectivity index (χ2v) is 8.93. The van der Waals surface area contributed by atoms with E-state index < -0.39 is 6.04 Å². The lowest BCUT2D eigenvalue weighted by Gasteiger charge is -2.36. The summed E-state index contributed by atoms with van der Waals surface area (Å²) in [5.74, 6) is 0.435. The molecule has 0 saturated carbocycles. The summed E-state index contributed by atoms with van der Waals surface area (Å²) in [6.07, 6.45) is 2.73. The number of nitrogens with zero attached hydrogens (tertiary/aromatic N) is 1. The number of fused-ring (bicyclic) bond motifs is 1. The summed E-state index contributed by atoms with van der Waals surface area (Å²) in [5, 5.41) is 3.50. The fourth-order valence-electron chi connectivity index (χ4n) is 4.65. The van der Waals surface area contributed by atoms with Crippen LogP contribution >= 0.6 is 0 Å². The van der Waals surface area contributed by atoms with Crippen LogP contribution in [0.5, 0.6) is 0 Å². The molecule has 31 heavy (non-hydrogen) atoms. The molecule has 1 N–H and O–H groups in total. The minimum atomic E-state index is -0.641. The van der Waals surface area contributed by atoms with E-state index in [4.69, 9.17) is 4.42 Å². The van der Waals surface area contributed by atoms with E-state index >= 15 is 0 Å². The van der Waals surface area contributed by atoms with E-state index in [9.17, 15) is 9.59 Å². The van der Waals surface area contributed by atoms with Gasteiger partial charge in [0.15, 0.2) is 5.78 Å². The number of ketones is 1. The normalized spacial score (nSPS) is 19.9. The van der Waals surface area contributed by atoms with Crippen molar-refractivity contribution in [2.75, 3.05) is 10.2 Å². The van der Waals surface area contributed by atoms with Gasteiger partial charge in [0, 0.05) is 23.3 Å². The van der Waals surface area contributed by atoms with Crippen LogP contribution in [-0.4, -0.2) is 11.7 Å². The maximum Gasteiger partial charge on any atom is 0.259 e. The molecule has 0 fully saturated rings. The van der Waals surface area contributed by atoms with Crippen LogP contribution in [0.3, 0.4) is 0 Å². The lowest BCUT2D eigenvalue weighted by atomic mass is 9.74. The van der Waals surface area contributed by atoms with Crippen LogP contribution in [0.4, 0.5) is 11.4 Å². The molecular formula is C26H24N2O3. The summed E-state index contributed by atoms with van der Waals surface area (Å²) >= 11 is 0. The number of carbonyl (C=O) groups is 2. The van der Waals surface area contributed by atoms with E-state index in [1.165, 1.54) is 0 Å². The summed E-state index contributed by atoms with van der Waals surface area (Å²) in [5.41, 5.74) is 3.38. The zero-order valence-electron chi connectivity index (χ0n) is 17.6. The van der Waals surface area contributed by atoms with E-state index in [1.807, 2.05) is 48.5 Å². The van der Waals surface area contributed by atoms with Gasteiger partial charge in [-0.1, -0.05) is 44.2 Å². The standard InChI is InChI=1S/C26H24N2O3/c1-26(2)15-19-23(21(29)16-26)24(22-13-8-14-31-22)28(20-12-7-6-11-18(20)27-19)25(30)17-9-4-3-5-10-17/h3-14,24,27H,15-16H2,1-2H3. The molecule has 1 aliphatic carbocycles. The fourth-order valence-corrected chi connectivity index (χ4v) is 4.65. The molecule has 5 rings (SSSR count). The fraction of sp³-hybridized carbons (Fsp3) is 0.231. The highest BCUT2D eigenvalue weighted by Gasteiger charge is 2.44. The van der Waals surface area contributed by atoms with Crippen molar-refractivity contribution in [3.63, 3.8) is 0 Å². The molecule has 156 valence electrons. The number of allylic oxidation sites excluding steroid dienone is 1. The number of nitrogens with one attached hydrogen (secondary N) is 1. The van der Waals surface area contributed by atoms with Crippen molar-refractivity contribution >= 4 is 23.1 Å². The van der Waals surface area contributed by atoms with Gasteiger partial charge >= 0.3 is 0 Å². The second-order valence-electron chi connectivity index (χ2n) is 8.93. The van der Waals surface area contributed by atoms with Gasteiger partial charge < -0.3 is 9.73 Å². The quantitative estimate of drug-likeness (QED) is 0.583. The van der Waals surface area contributed by atoms with E-state index in [-0.39, 0.29) is 17.1 Å². The highest BCUT2D eigenvalue weighted by Crippen LogP contribution is 2.48. The number of anilines is 2.